The molecular formula is C12H23NO. The summed E-state index contributed by atoms with van der Waals surface area (Å²) >= 11 is 0. The van der Waals surface area contributed by atoms with Crippen LogP contribution in [-0.4, -0.2) is 23.9 Å². The Morgan fingerprint density at radius 1 is 1.21 bits per heavy atom. The van der Waals surface area contributed by atoms with E-state index in [4.69, 9.17) is 0 Å². The van der Waals surface area contributed by atoms with Crippen LogP contribution in [0, 0.1) is 11.8 Å². The Balaban J connectivity index is 2.57. The molecule has 0 aromatic heterocycles. The van der Waals surface area contributed by atoms with Crippen molar-refractivity contribution in [1.29, 1.82) is 0 Å². The average Bonchev–Trinajstić information content (AvgIpc) is 2.20. The third-order valence-corrected chi connectivity index (χ3v) is 3.50. The van der Waals surface area contributed by atoms with E-state index in [9.17, 15) is 4.79 Å². The lowest BCUT2D eigenvalue weighted by Gasteiger charge is -2.32. The first-order valence-electron chi connectivity index (χ1n) is 5.99. The first-order valence-corrected chi connectivity index (χ1v) is 5.99. The molecule has 1 aliphatic rings. The Morgan fingerprint density at radius 3 is 2.29 bits per heavy atom. The molecule has 0 N–H and O–H groups in total. The predicted octanol–water partition coefficient (Wildman–Crippen LogP) is 2.68. The molecule has 2 heteroatoms. The van der Waals surface area contributed by atoms with E-state index < -0.39 is 0 Å². The lowest BCUT2D eigenvalue weighted by molar-refractivity contribution is -0.137. The highest BCUT2D eigenvalue weighted by atomic mass is 16.2. The van der Waals surface area contributed by atoms with Gasteiger partial charge in [0.15, 0.2) is 0 Å². The maximum absolute atomic E-state index is 12.1. The van der Waals surface area contributed by atoms with Crippen molar-refractivity contribution in [2.75, 3.05) is 13.1 Å². The van der Waals surface area contributed by atoms with Crippen LogP contribution in [0.4, 0.5) is 0 Å². The van der Waals surface area contributed by atoms with Crippen molar-refractivity contribution < 1.29 is 4.79 Å². The fourth-order valence-electron chi connectivity index (χ4n) is 2.45. The van der Waals surface area contributed by atoms with Gasteiger partial charge in [-0.05, 0) is 32.6 Å². The second-order valence-corrected chi connectivity index (χ2v) is 4.38. The smallest absolute Gasteiger partial charge is 0.225 e. The van der Waals surface area contributed by atoms with Crippen LogP contribution in [0.5, 0.6) is 0 Å². The van der Waals surface area contributed by atoms with Gasteiger partial charge < -0.3 is 4.90 Å². The predicted molar refractivity (Wildman–Crippen MR) is 59.1 cm³/mol. The van der Waals surface area contributed by atoms with Gasteiger partial charge in [-0.3, -0.25) is 4.79 Å². The third-order valence-electron chi connectivity index (χ3n) is 3.50. The molecule has 0 bridgehead atoms. The fourth-order valence-corrected chi connectivity index (χ4v) is 2.45. The molecule has 1 amide bonds. The van der Waals surface area contributed by atoms with Crippen LogP contribution in [-0.2, 0) is 4.79 Å². The van der Waals surface area contributed by atoms with E-state index in [1.54, 1.807) is 0 Å². The number of carbonyl (C=O) groups excluding carboxylic acids is 1. The number of carbonyl (C=O) groups is 1. The zero-order valence-electron chi connectivity index (χ0n) is 9.75. The molecule has 2 atom stereocenters. The van der Waals surface area contributed by atoms with E-state index in [2.05, 4.69) is 20.8 Å². The average molecular weight is 197 g/mol. The molecule has 1 saturated carbocycles. The zero-order valence-corrected chi connectivity index (χ0v) is 9.75. The van der Waals surface area contributed by atoms with Crippen LogP contribution in [0.2, 0.25) is 0 Å². The Kier molecular flexibility index (Phi) is 4.43. The summed E-state index contributed by atoms with van der Waals surface area (Å²) < 4.78 is 0. The van der Waals surface area contributed by atoms with E-state index in [0.29, 0.717) is 17.7 Å². The molecule has 2 nitrogen and oxygen atoms in total. The Labute approximate surface area is 87.7 Å². The Morgan fingerprint density at radius 2 is 1.79 bits per heavy atom. The van der Waals surface area contributed by atoms with Crippen molar-refractivity contribution in [2.45, 2.75) is 46.5 Å². The van der Waals surface area contributed by atoms with Crippen LogP contribution in [0.25, 0.3) is 0 Å². The van der Waals surface area contributed by atoms with Gasteiger partial charge in [0.25, 0.3) is 0 Å². The van der Waals surface area contributed by atoms with Crippen molar-refractivity contribution in [3.05, 3.63) is 0 Å². The Hall–Kier alpha value is -0.530. The summed E-state index contributed by atoms with van der Waals surface area (Å²) in [6.07, 6.45) is 4.89. The molecule has 82 valence electrons. The van der Waals surface area contributed by atoms with Gasteiger partial charge in [0.1, 0.15) is 0 Å². The maximum Gasteiger partial charge on any atom is 0.225 e. The van der Waals surface area contributed by atoms with Gasteiger partial charge in [-0.1, -0.05) is 19.8 Å². The number of hydrogen-bond acceptors (Lipinski definition) is 1. The summed E-state index contributed by atoms with van der Waals surface area (Å²) in [5.74, 6) is 1.29. The molecule has 0 saturated heterocycles. The van der Waals surface area contributed by atoms with Gasteiger partial charge in [-0.25, -0.2) is 0 Å². The second-order valence-electron chi connectivity index (χ2n) is 4.38. The fraction of sp³-hybridized carbons (Fsp3) is 0.917. The van der Waals surface area contributed by atoms with Crippen molar-refractivity contribution in [3.63, 3.8) is 0 Å². The molecule has 0 aliphatic heterocycles. The normalized spacial score (nSPS) is 27.4. The summed E-state index contributed by atoms with van der Waals surface area (Å²) in [4.78, 5) is 14.1. The molecule has 1 rings (SSSR count). The molecule has 1 aliphatic carbocycles. The van der Waals surface area contributed by atoms with E-state index in [0.717, 1.165) is 19.5 Å². The quantitative estimate of drug-likeness (QED) is 0.681. The monoisotopic (exact) mass is 197 g/mol. The number of nitrogens with zero attached hydrogens (tertiary/aromatic N) is 1. The minimum Gasteiger partial charge on any atom is -0.343 e. The first kappa shape index (κ1) is 11.5. The highest BCUT2D eigenvalue weighted by Crippen LogP contribution is 2.30. The minimum atomic E-state index is 0.309. The highest BCUT2D eigenvalue weighted by molar-refractivity contribution is 5.79. The molecule has 0 radical (unpaired) electrons. The molecule has 0 aromatic rings. The van der Waals surface area contributed by atoms with Crippen LogP contribution in [0.15, 0.2) is 0 Å². The molecule has 0 spiro atoms. The van der Waals surface area contributed by atoms with Crippen molar-refractivity contribution in [3.8, 4) is 0 Å². The van der Waals surface area contributed by atoms with Crippen molar-refractivity contribution in [1.82, 2.24) is 4.90 Å². The Bertz CT molecular complexity index is 187. The van der Waals surface area contributed by atoms with Gasteiger partial charge in [-0.2, -0.15) is 0 Å². The third kappa shape index (κ3) is 2.49. The summed E-state index contributed by atoms with van der Waals surface area (Å²) in [6.45, 7) is 8.08. The van der Waals surface area contributed by atoms with Gasteiger partial charge in [0.2, 0.25) is 5.91 Å². The van der Waals surface area contributed by atoms with Crippen molar-refractivity contribution >= 4 is 5.91 Å². The van der Waals surface area contributed by atoms with E-state index in [1.807, 2.05) is 4.90 Å². The standard InChI is InChI=1S/C12H23NO/c1-4-13(5-2)12(14)11-9-7-6-8-10(11)3/h10-11H,4-9H2,1-3H3/t10-,11-/m1/s1. The van der Waals surface area contributed by atoms with Gasteiger partial charge in [0.05, 0.1) is 0 Å². The van der Waals surface area contributed by atoms with E-state index >= 15 is 0 Å². The lowest BCUT2D eigenvalue weighted by atomic mass is 9.79. The summed E-state index contributed by atoms with van der Waals surface area (Å²) in [5.41, 5.74) is 0. The van der Waals surface area contributed by atoms with Gasteiger partial charge >= 0.3 is 0 Å². The number of hydrogen-bond donors (Lipinski definition) is 0. The highest BCUT2D eigenvalue weighted by Gasteiger charge is 2.29. The van der Waals surface area contributed by atoms with Gasteiger partial charge in [-0.15, -0.1) is 0 Å². The van der Waals surface area contributed by atoms with E-state index in [1.165, 1.54) is 19.3 Å². The summed E-state index contributed by atoms with van der Waals surface area (Å²) in [5, 5.41) is 0. The summed E-state index contributed by atoms with van der Waals surface area (Å²) in [6, 6.07) is 0. The molecule has 0 heterocycles. The molecule has 0 unspecified atom stereocenters. The number of rotatable bonds is 3. The zero-order chi connectivity index (χ0) is 10.6. The van der Waals surface area contributed by atoms with Crippen LogP contribution in [0.3, 0.4) is 0 Å². The summed E-state index contributed by atoms with van der Waals surface area (Å²) in [7, 11) is 0. The topological polar surface area (TPSA) is 20.3 Å². The van der Waals surface area contributed by atoms with Crippen LogP contribution in [0.1, 0.15) is 46.5 Å². The SMILES string of the molecule is CCN(CC)C(=O)[C@@H]1CCCC[C@H]1C. The maximum atomic E-state index is 12.1. The van der Waals surface area contributed by atoms with Gasteiger partial charge in [0, 0.05) is 19.0 Å². The molecule has 14 heavy (non-hydrogen) atoms. The van der Waals surface area contributed by atoms with Crippen LogP contribution < -0.4 is 0 Å². The molecule has 0 aromatic carbocycles. The molecule has 1 fully saturated rings. The second kappa shape index (κ2) is 5.38. The lowest BCUT2D eigenvalue weighted by Crippen LogP contribution is -2.39. The number of amides is 1. The first-order chi connectivity index (χ1) is 6.70. The minimum absolute atomic E-state index is 0.309. The van der Waals surface area contributed by atoms with E-state index in [-0.39, 0.29) is 0 Å². The molecular weight excluding hydrogens is 174 g/mol. The van der Waals surface area contributed by atoms with Crippen LogP contribution >= 0.6 is 0 Å². The largest absolute Gasteiger partial charge is 0.343 e. The van der Waals surface area contributed by atoms with Crippen molar-refractivity contribution in [2.24, 2.45) is 11.8 Å².